The predicted molar refractivity (Wildman–Crippen MR) is 119 cm³/mol. The molecule has 3 rings (SSSR count). The van der Waals surface area contributed by atoms with Crippen molar-refractivity contribution in [1.29, 1.82) is 0 Å². The van der Waals surface area contributed by atoms with Gasteiger partial charge < -0.3 is 9.64 Å². The van der Waals surface area contributed by atoms with Crippen LogP contribution in [0.1, 0.15) is 19.4 Å². The van der Waals surface area contributed by atoms with Crippen molar-refractivity contribution >= 4 is 46.6 Å². The van der Waals surface area contributed by atoms with E-state index in [2.05, 4.69) is 24.1 Å². The van der Waals surface area contributed by atoms with Gasteiger partial charge >= 0.3 is 0 Å². The number of halogens is 1. The molecule has 1 aliphatic rings. The maximum atomic E-state index is 13.3. The van der Waals surface area contributed by atoms with Crippen molar-refractivity contribution in [2.45, 2.75) is 13.8 Å². The summed E-state index contributed by atoms with van der Waals surface area (Å²) in [5.41, 5.74) is 1.83. The number of methoxy groups -OCH3 is 1. The normalized spacial score (nSPS) is 15.4. The van der Waals surface area contributed by atoms with Crippen molar-refractivity contribution < 1.29 is 18.7 Å². The zero-order valence-electron chi connectivity index (χ0n) is 16.9. The number of carbonyl (C=O) groups excluding carboxylic acids is 2. The molecular weight excluding hydrogens is 405 g/mol. The van der Waals surface area contributed by atoms with E-state index in [0.29, 0.717) is 17.0 Å². The fourth-order valence-electron chi connectivity index (χ4n) is 3.24. The molecular formula is C22H22FN3O3S. The molecule has 1 heterocycles. The molecule has 8 heteroatoms. The van der Waals surface area contributed by atoms with Crippen molar-refractivity contribution in [3.63, 3.8) is 0 Å². The molecule has 0 atom stereocenters. The van der Waals surface area contributed by atoms with Gasteiger partial charge in [0.1, 0.15) is 17.1 Å². The first kappa shape index (κ1) is 21.4. The highest BCUT2D eigenvalue weighted by Crippen LogP contribution is 2.29. The van der Waals surface area contributed by atoms with Crippen LogP contribution in [0.3, 0.4) is 0 Å². The Bertz CT molecular complexity index is 1020. The average molecular weight is 428 g/mol. The molecule has 1 aliphatic heterocycles. The zero-order chi connectivity index (χ0) is 21.8. The Balaban J connectivity index is 2.01. The number of anilines is 2. The largest absolute Gasteiger partial charge is 0.496 e. The number of carbonyl (C=O) groups is 2. The third-order valence-electron chi connectivity index (χ3n) is 4.83. The summed E-state index contributed by atoms with van der Waals surface area (Å²) in [5, 5.41) is 2.46. The van der Waals surface area contributed by atoms with Gasteiger partial charge in [0.25, 0.3) is 11.8 Å². The Morgan fingerprint density at radius 1 is 1.13 bits per heavy atom. The van der Waals surface area contributed by atoms with Crippen LogP contribution >= 0.6 is 12.2 Å². The highest BCUT2D eigenvalue weighted by molar-refractivity contribution is 7.80. The quantitative estimate of drug-likeness (QED) is 0.434. The van der Waals surface area contributed by atoms with E-state index in [1.54, 1.807) is 6.07 Å². The molecule has 1 N–H and O–H groups in total. The second-order valence-electron chi connectivity index (χ2n) is 6.53. The van der Waals surface area contributed by atoms with E-state index in [1.807, 2.05) is 12.1 Å². The summed E-state index contributed by atoms with van der Waals surface area (Å²) in [6, 6.07) is 10.9. The van der Waals surface area contributed by atoms with Gasteiger partial charge in [0.2, 0.25) is 0 Å². The van der Waals surface area contributed by atoms with Crippen molar-refractivity contribution in [2.24, 2.45) is 0 Å². The molecule has 0 aliphatic carbocycles. The van der Waals surface area contributed by atoms with E-state index in [9.17, 15) is 14.0 Å². The van der Waals surface area contributed by atoms with Crippen molar-refractivity contribution in [3.05, 3.63) is 59.4 Å². The van der Waals surface area contributed by atoms with Crippen LogP contribution in [0.15, 0.2) is 48.0 Å². The molecule has 1 fully saturated rings. The number of rotatable bonds is 6. The third kappa shape index (κ3) is 4.18. The fourth-order valence-corrected chi connectivity index (χ4v) is 3.52. The lowest BCUT2D eigenvalue weighted by Crippen LogP contribution is -2.54. The van der Waals surface area contributed by atoms with Gasteiger partial charge in [0.15, 0.2) is 5.11 Å². The Morgan fingerprint density at radius 2 is 1.80 bits per heavy atom. The second kappa shape index (κ2) is 9.04. The van der Waals surface area contributed by atoms with E-state index in [4.69, 9.17) is 17.0 Å². The minimum atomic E-state index is -0.599. The smallest absolute Gasteiger partial charge is 0.270 e. The summed E-state index contributed by atoms with van der Waals surface area (Å²) in [6.07, 6.45) is 1.47. The Morgan fingerprint density at radius 3 is 2.40 bits per heavy atom. The molecule has 0 unspecified atom stereocenters. The van der Waals surface area contributed by atoms with E-state index in [-0.39, 0.29) is 10.7 Å². The number of nitrogens with one attached hydrogen (secondary N) is 1. The fraction of sp³-hybridized carbons (Fsp3) is 0.227. The van der Waals surface area contributed by atoms with Crippen LogP contribution in [0.25, 0.3) is 6.08 Å². The number of hydrogen-bond donors (Lipinski definition) is 1. The second-order valence-corrected chi connectivity index (χ2v) is 6.92. The van der Waals surface area contributed by atoms with Crippen LogP contribution in [-0.2, 0) is 9.59 Å². The molecule has 156 valence electrons. The van der Waals surface area contributed by atoms with E-state index >= 15 is 0 Å². The van der Waals surface area contributed by atoms with Crippen LogP contribution in [0.4, 0.5) is 15.8 Å². The van der Waals surface area contributed by atoms with E-state index in [0.717, 1.165) is 18.8 Å². The first-order valence-electron chi connectivity index (χ1n) is 9.49. The monoisotopic (exact) mass is 427 g/mol. The highest BCUT2D eigenvalue weighted by atomic mass is 32.1. The molecule has 2 aromatic carbocycles. The number of amides is 2. The summed E-state index contributed by atoms with van der Waals surface area (Å²) in [6.45, 7) is 5.80. The van der Waals surface area contributed by atoms with Gasteiger partial charge in [-0.3, -0.25) is 19.8 Å². The maximum Gasteiger partial charge on any atom is 0.270 e. The average Bonchev–Trinajstić information content (AvgIpc) is 2.73. The number of thiocarbonyl (C=S) groups is 1. The lowest BCUT2D eigenvalue weighted by Gasteiger charge is -2.29. The molecule has 6 nitrogen and oxygen atoms in total. The molecule has 0 aromatic heterocycles. The molecule has 2 aromatic rings. The van der Waals surface area contributed by atoms with E-state index < -0.39 is 17.6 Å². The minimum Gasteiger partial charge on any atom is -0.496 e. The Kier molecular flexibility index (Phi) is 6.47. The van der Waals surface area contributed by atoms with Crippen molar-refractivity contribution in [3.8, 4) is 5.75 Å². The lowest BCUT2D eigenvalue weighted by atomic mass is 10.1. The van der Waals surface area contributed by atoms with Crippen LogP contribution in [0, 0.1) is 5.82 Å². The van der Waals surface area contributed by atoms with Crippen LogP contribution in [-0.4, -0.2) is 37.1 Å². The number of benzene rings is 2. The van der Waals surface area contributed by atoms with Gasteiger partial charge in [-0.25, -0.2) is 4.39 Å². The summed E-state index contributed by atoms with van der Waals surface area (Å²) >= 11 is 5.16. The molecule has 1 saturated heterocycles. The summed E-state index contributed by atoms with van der Waals surface area (Å²) in [7, 11) is 1.53. The molecule has 0 bridgehead atoms. The summed E-state index contributed by atoms with van der Waals surface area (Å²) < 4.78 is 18.8. The Hall–Kier alpha value is -3.26. The number of nitrogens with zero attached hydrogens (tertiary/aromatic N) is 2. The van der Waals surface area contributed by atoms with Crippen LogP contribution in [0.2, 0.25) is 0 Å². The van der Waals surface area contributed by atoms with Gasteiger partial charge in [-0.2, -0.15) is 0 Å². The van der Waals surface area contributed by atoms with Gasteiger partial charge in [0, 0.05) is 30.4 Å². The topological polar surface area (TPSA) is 61.9 Å². The van der Waals surface area contributed by atoms with Gasteiger partial charge in [-0.1, -0.05) is 0 Å². The zero-order valence-corrected chi connectivity index (χ0v) is 17.8. The number of ether oxygens (including phenoxy) is 1. The lowest BCUT2D eigenvalue weighted by molar-refractivity contribution is -0.122. The molecule has 0 spiro atoms. The molecule has 2 amide bonds. The molecule has 0 saturated carbocycles. The molecule has 0 radical (unpaired) electrons. The Labute approximate surface area is 179 Å². The van der Waals surface area contributed by atoms with Crippen LogP contribution in [0.5, 0.6) is 5.75 Å². The van der Waals surface area contributed by atoms with Gasteiger partial charge in [-0.05, 0) is 68.5 Å². The highest BCUT2D eigenvalue weighted by Gasteiger charge is 2.34. The summed E-state index contributed by atoms with van der Waals surface area (Å²) in [4.78, 5) is 28.9. The van der Waals surface area contributed by atoms with Crippen molar-refractivity contribution in [2.75, 3.05) is 30.0 Å². The SMILES string of the molecule is CCN(CC)c1ccc(C=C2C(=O)NC(=S)N(c3ccc(F)cc3)C2=O)c(OC)c1. The van der Waals surface area contributed by atoms with Crippen LogP contribution < -0.4 is 19.9 Å². The van der Waals surface area contributed by atoms with E-state index in [1.165, 1.54) is 42.4 Å². The first-order chi connectivity index (χ1) is 14.4. The predicted octanol–water partition coefficient (Wildman–Crippen LogP) is 3.51. The van der Waals surface area contributed by atoms with Gasteiger partial charge in [0.05, 0.1) is 12.8 Å². The third-order valence-corrected chi connectivity index (χ3v) is 5.12. The maximum absolute atomic E-state index is 13.3. The number of hydrogen-bond acceptors (Lipinski definition) is 5. The van der Waals surface area contributed by atoms with Crippen molar-refractivity contribution in [1.82, 2.24) is 5.32 Å². The minimum absolute atomic E-state index is 0.0578. The first-order valence-corrected chi connectivity index (χ1v) is 9.90. The van der Waals surface area contributed by atoms with Gasteiger partial charge in [-0.15, -0.1) is 0 Å². The summed E-state index contributed by atoms with van der Waals surface area (Å²) in [5.74, 6) is -1.09. The standard InChI is InChI=1S/C22H22FN3O3S/c1-4-25(5-2)17-9-6-14(19(13-17)29-3)12-18-20(27)24-22(30)26(21(18)28)16-10-7-15(23)8-11-16/h6-13H,4-5H2,1-3H3,(H,24,27,30). The molecule has 30 heavy (non-hydrogen) atoms.